The van der Waals surface area contributed by atoms with Crippen molar-refractivity contribution in [1.29, 1.82) is 5.26 Å². The van der Waals surface area contributed by atoms with Crippen LogP contribution in [-0.2, 0) is 17.9 Å². The van der Waals surface area contributed by atoms with E-state index < -0.39 is 5.91 Å². The molecule has 0 unspecified atom stereocenters. The number of hydrogen-bond donors (Lipinski definition) is 1. The van der Waals surface area contributed by atoms with Crippen LogP contribution in [0.2, 0.25) is 5.02 Å². The number of amides is 1. The minimum Gasteiger partial charge on any atom is -0.497 e. The second-order valence-corrected chi connectivity index (χ2v) is 8.44. The van der Waals surface area contributed by atoms with Crippen molar-refractivity contribution in [3.05, 3.63) is 92.4 Å². The van der Waals surface area contributed by atoms with Gasteiger partial charge in [0.05, 0.1) is 18.7 Å². The number of benzene rings is 3. The van der Waals surface area contributed by atoms with E-state index in [4.69, 9.17) is 25.8 Å². The first-order chi connectivity index (χ1) is 16.4. The predicted molar refractivity (Wildman–Crippen MR) is 135 cm³/mol. The van der Waals surface area contributed by atoms with Gasteiger partial charge in [0.15, 0.2) is 11.5 Å². The van der Waals surface area contributed by atoms with Gasteiger partial charge in [-0.15, -0.1) is 0 Å². The Bertz CT molecular complexity index is 1220. The third-order valence-corrected chi connectivity index (χ3v) is 5.68. The fraction of sp³-hybridized carbons (Fsp3) is 0.154. The second kappa shape index (κ2) is 12.1. The van der Waals surface area contributed by atoms with E-state index in [0.29, 0.717) is 33.2 Å². The fourth-order valence-electron chi connectivity index (χ4n) is 3.04. The summed E-state index contributed by atoms with van der Waals surface area (Å²) in [6.45, 7) is 0.602. The number of halogens is 2. The molecule has 0 aliphatic rings. The van der Waals surface area contributed by atoms with Crippen LogP contribution in [0.5, 0.6) is 17.2 Å². The molecule has 174 valence electrons. The average Bonchev–Trinajstić information content (AvgIpc) is 2.86. The molecular weight excluding hydrogens is 520 g/mol. The molecule has 0 fully saturated rings. The Hall–Kier alpha value is -3.47. The van der Waals surface area contributed by atoms with E-state index in [2.05, 4.69) is 21.2 Å². The highest BCUT2D eigenvalue weighted by Gasteiger charge is 2.14. The lowest BCUT2D eigenvalue weighted by Gasteiger charge is -2.14. The molecule has 34 heavy (non-hydrogen) atoms. The van der Waals surface area contributed by atoms with Gasteiger partial charge in [-0.1, -0.05) is 35.9 Å². The van der Waals surface area contributed by atoms with Crippen LogP contribution in [0.25, 0.3) is 6.08 Å². The van der Waals surface area contributed by atoms with Crippen molar-refractivity contribution in [1.82, 2.24) is 5.32 Å². The third-order valence-electron chi connectivity index (χ3n) is 4.84. The van der Waals surface area contributed by atoms with Crippen LogP contribution in [0.1, 0.15) is 16.7 Å². The monoisotopic (exact) mass is 540 g/mol. The summed E-state index contributed by atoms with van der Waals surface area (Å²) in [6.07, 6.45) is 1.50. The van der Waals surface area contributed by atoms with Gasteiger partial charge in [-0.05, 0) is 75.1 Å². The first-order valence-electron chi connectivity index (χ1n) is 10.2. The third kappa shape index (κ3) is 6.77. The number of carbonyl (C=O) groups excluding carboxylic acids is 1. The highest BCUT2D eigenvalue weighted by atomic mass is 79.9. The number of carbonyl (C=O) groups is 1. The highest BCUT2D eigenvalue weighted by Crippen LogP contribution is 2.37. The number of methoxy groups -OCH3 is 2. The van der Waals surface area contributed by atoms with E-state index in [1.165, 1.54) is 13.2 Å². The van der Waals surface area contributed by atoms with Gasteiger partial charge in [0.25, 0.3) is 5.91 Å². The summed E-state index contributed by atoms with van der Waals surface area (Å²) in [5.41, 5.74) is 2.41. The van der Waals surface area contributed by atoms with E-state index in [9.17, 15) is 10.1 Å². The lowest BCUT2D eigenvalue weighted by molar-refractivity contribution is -0.117. The molecule has 0 aliphatic carbocycles. The molecule has 0 heterocycles. The van der Waals surface area contributed by atoms with Gasteiger partial charge in [0.1, 0.15) is 24.0 Å². The highest BCUT2D eigenvalue weighted by molar-refractivity contribution is 9.10. The molecular formula is C26H22BrClN2O4. The number of nitriles is 1. The molecule has 1 N–H and O–H groups in total. The molecule has 8 heteroatoms. The molecule has 0 saturated carbocycles. The van der Waals surface area contributed by atoms with Crippen LogP contribution in [0.15, 0.2) is 70.7 Å². The molecule has 0 saturated heterocycles. The van der Waals surface area contributed by atoms with Gasteiger partial charge in [-0.2, -0.15) is 5.26 Å². The Labute approximate surface area is 211 Å². The predicted octanol–water partition coefficient (Wildman–Crippen LogP) is 5.92. The van der Waals surface area contributed by atoms with E-state index in [1.807, 2.05) is 42.5 Å². The van der Waals surface area contributed by atoms with Crippen molar-refractivity contribution in [2.45, 2.75) is 13.2 Å². The standard InChI is InChI=1S/C26H22BrClN2O4/c1-32-22-9-5-17(6-10-22)15-30-26(31)20(14-29)11-19-12-23(27)25(24(13-19)33-2)34-16-18-3-7-21(28)8-4-18/h3-13H,15-16H2,1-2H3,(H,30,31)/b20-11-. The van der Waals surface area contributed by atoms with Gasteiger partial charge < -0.3 is 19.5 Å². The fourth-order valence-corrected chi connectivity index (χ4v) is 3.74. The van der Waals surface area contributed by atoms with E-state index in [-0.39, 0.29) is 12.1 Å². The van der Waals surface area contributed by atoms with Gasteiger partial charge >= 0.3 is 0 Å². The minimum atomic E-state index is -0.475. The number of hydrogen-bond acceptors (Lipinski definition) is 5. The van der Waals surface area contributed by atoms with Crippen LogP contribution in [0.3, 0.4) is 0 Å². The summed E-state index contributed by atoms with van der Waals surface area (Å²) in [5.74, 6) is 1.23. The number of rotatable bonds is 9. The maximum atomic E-state index is 12.6. The summed E-state index contributed by atoms with van der Waals surface area (Å²) in [5, 5.41) is 12.9. The Balaban J connectivity index is 1.72. The maximum absolute atomic E-state index is 12.6. The zero-order chi connectivity index (χ0) is 24.5. The van der Waals surface area contributed by atoms with E-state index >= 15 is 0 Å². The van der Waals surface area contributed by atoms with Crippen LogP contribution in [0, 0.1) is 11.3 Å². The first kappa shape index (κ1) is 25.2. The van der Waals surface area contributed by atoms with Crippen LogP contribution in [-0.4, -0.2) is 20.1 Å². The largest absolute Gasteiger partial charge is 0.497 e. The van der Waals surface area contributed by atoms with E-state index in [1.54, 1.807) is 31.4 Å². The molecule has 0 bridgehead atoms. The Morgan fingerprint density at radius 3 is 2.35 bits per heavy atom. The lowest BCUT2D eigenvalue weighted by atomic mass is 10.1. The molecule has 0 atom stereocenters. The zero-order valence-electron chi connectivity index (χ0n) is 18.6. The van der Waals surface area contributed by atoms with E-state index in [0.717, 1.165) is 16.9 Å². The molecule has 0 radical (unpaired) electrons. The molecule has 0 spiro atoms. The van der Waals surface area contributed by atoms with Crippen LogP contribution in [0.4, 0.5) is 0 Å². The van der Waals surface area contributed by atoms with Crippen molar-refractivity contribution in [3.63, 3.8) is 0 Å². The van der Waals surface area contributed by atoms with Crippen molar-refractivity contribution in [2.75, 3.05) is 14.2 Å². The Kier molecular flexibility index (Phi) is 8.97. The minimum absolute atomic E-state index is 0.0303. The lowest BCUT2D eigenvalue weighted by Crippen LogP contribution is -2.23. The van der Waals surface area contributed by atoms with Gasteiger partial charge in [0.2, 0.25) is 0 Å². The van der Waals surface area contributed by atoms with Crippen molar-refractivity contribution < 1.29 is 19.0 Å². The SMILES string of the molecule is COc1ccc(CNC(=O)/C(C#N)=C\c2cc(Br)c(OCc3ccc(Cl)cc3)c(OC)c2)cc1. The Morgan fingerprint density at radius 2 is 1.74 bits per heavy atom. The zero-order valence-corrected chi connectivity index (χ0v) is 20.9. The normalized spacial score (nSPS) is 10.9. The number of nitrogens with zero attached hydrogens (tertiary/aromatic N) is 1. The molecule has 1 amide bonds. The number of ether oxygens (including phenoxy) is 3. The second-order valence-electron chi connectivity index (χ2n) is 7.15. The summed E-state index contributed by atoms with van der Waals surface area (Å²) in [4.78, 5) is 12.6. The smallest absolute Gasteiger partial charge is 0.262 e. The molecule has 3 aromatic rings. The molecule has 3 rings (SSSR count). The average molecular weight is 542 g/mol. The van der Waals surface area contributed by atoms with Crippen molar-refractivity contribution in [2.24, 2.45) is 0 Å². The number of nitrogens with one attached hydrogen (secondary N) is 1. The van der Waals surface area contributed by atoms with Gasteiger partial charge in [0, 0.05) is 11.6 Å². The van der Waals surface area contributed by atoms with Crippen LogP contribution >= 0.6 is 27.5 Å². The summed E-state index contributed by atoms with van der Waals surface area (Å²) < 4.78 is 17.2. The molecule has 6 nitrogen and oxygen atoms in total. The molecule has 0 aliphatic heterocycles. The maximum Gasteiger partial charge on any atom is 0.262 e. The quantitative estimate of drug-likeness (QED) is 0.269. The molecule has 3 aromatic carbocycles. The van der Waals surface area contributed by atoms with Crippen LogP contribution < -0.4 is 19.5 Å². The first-order valence-corrected chi connectivity index (χ1v) is 11.4. The summed E-state index contributed by atoms with van der Waals surface area (Å²) in [6, 6.07) is 20.1. The molecule has 0 aromatic heterocycles. The summed E-state index contributed by atoms with van der Waals surface area (Å²) in [7, 11) is 3.11. The van der Waals surface area contributed by atoms with Crippen molar-refractivity contribution in [3.8, 4) is 23.3 Å². The van der Waals surface area contributed by atoms with Gasteiger partial charge in [-0.25, -0.2) is 0 Å². The topological polar surface area (TPSA) is 80.6 Å². The van der Waals surface area contributed by atoms with Crippen molar-refractivity contribution >= 4 is 39.5 Å². The Morgan fingerprint density at radius 1 is 1.06 bits per heavy atom. The van der Waals surface area contributed by atoms with Gasteiger partial charge in [-0.3, -0.25) is 4.79 Å². The summed E-state index contributed by atoms with van der Waals surface area (Å²) >= 11 is 9.42.